The highest BCUT2D eigenvalue weighted by Crippen LogP contribution is 2.24. The Morgan fingerprint density at radius 1 is 1.24 bits per heavy atom. The SMILES string of the molecule is O=C(NCCC(F)(F)F)c1c(F)ccc(S(=O)(=O)Cl)c1F. The van der Waals surface area contributed by atoms with Gasteiger partial charge in [0, 0.05) is 17.2 Å². The first kappa shape index (κ1) is 17.6. The van der Waals surface area contributed by atoms with Gasteiger partial charge in [-0.25, -0.2) is 17.2 Å². The van der Waals surface area contributed by atoms with E-state index in [4.69, 9.17) is 10.7 Å². The molecule has 11 heteroatoms. The molecule has 0 aliphatic heterocycles. The van der Waals surface area contributed by atoms with Gasteiger partial charge in [-0.3, -0.25) is 4.79 Å². The van der Waals surface area contributed by atoms with Crippen molar-refractivity contribution in [2.75, 3.05) is 6.54 Å². The van der Waals surface area contributed by atoms with E-state index in [1.165, 1.54) is 0 Å². The number of alkyl halides is 3. The van der Waals surface area contributed by atoms with Crippen molar-refractivity contribution in [3.8, 4) is 0 Å². The van der Waals surface area contributed by atoms with Gasteiger partial charge >= 0.3 is 6.18 Å². The quantitative estimate of drug-likeness (QED) is 0.670. The van der Waals surface area contributed by atoms with E-state index in [0.29, 0.717) is 12.1 Å². The van der Waals surface area contributed by atoms with Crippen LogP contribution in [0.25, 0.3) is 0 Å². The van der Waals surface area contributed by atoms with E-state index in [1.54, 1.807) is 5.32 Å². The second-order valence-corrected chi connectivity index (χ2v) is 6.33. The van der Waals surface area contributed by atoms with Crippen molar-refractivity contribution in [3.63, 3.8) is 0 Å². The van der Waals surface area contributed by atoms with Crippen molar-refractivity contribution in [2.24, 2.45) is 0 Å². The molecule has 0 aliphatic rings. The van der Waals surface area contributed by atoms with Crippen LogP contribution in [-0.2, 0) is 9.05 Å². The van der Waals surface area contributed by atoms with Gasteiger partial charge in [-0.1, -0.05) is 0 Å². The van der Waals surface area contributed by atoms with Crippen LogP contribution in [-0.4, -0.2) is 27.0 Å². The largest absolute Gasteiger partial charge is 0.390 e. The minimum absolute atomic E-state index is 0.469. The van der Waals surface area contributed by atoms with Crippen LogP contribution in [0.5, 0.6) is 0 Å². The van der Waals surface area contributed by atoms with Crippen molar-refractivity contribution < 1.29 is 35.2 Å². The lowest BCUT2D eigenvalue weighted by Crippen LogP contribution is -2.29. The second kappa shape index (κ2) is 6.14. The van der Waals surface area contributed by atoms with Gasteiger partial charge in [0.2, 0.25) is 0 Å². The summed E-state index contributed by atoms with van der Waals surface area (Å²) in [6, 6.07) is 0.969. The zero-order valence-corrected chi connectivity index (χ0v) is 11.5. The first-order chi connectivity index (χ1) is 9.43. The molecule has 1 aromatic carbocycles. The Labute approximate surface area is 120 Å². The zero-order chi connectivity index (χ0) is 16.4. The molecule has 1 N–H and O–H groups in total. The van der Waals surface area contributed by atoms with Gasteiger partial charge in [0.1, 0.15) is 16.3 Å². The minimum atomic E-state index is -4.58. The molecule has 21 heavy (non-hydrogen) atoms. The molecule has 1 rings (SSSR count). The lowest BCUT2D eigenvalue weighted by Gasteiger charge is -2.10. The highest BCUT2D eigenvalue weighted by atomic mass is 35.7. The number of rotatable bonds is 4. The van der Waals surface area contributed by atoms with Crippen LogP contribution in [0.15, 0.2) is 17.0 Å². The summed E-state index contributed by atoms with van der Waals surface area (Å²) in [5, 5.41) is 1.64. The van der Waals surface area contributed by atoms with Gasteiger partial charge in [0.25, 0.3) is 15.0 Å². The van der Waals surface area contributed by atoms with E-state index in [9.17, 15) is 35.2 Å². The van der Waals surface area contributed by atoms with E-state index in [-0.39, 0.29) is 0 Å². The highest BCUT2D eigenvalue weighted by Gasteiger charge is 2.29. The summed E-state index contributed by atoms with van der Waals surface area (Å²) in [5.41, 5.74) is -1.32. The predicted octanol–water partition coefficient (Wildman–Crippen LogP) is 2.57. The van der Waals surface area contributed by atoms with Crippen molar-refractivity contribution in [1.29, 1.82) is 0 Å². The van der Waals surface area contributed by atoms with Crippen molar-refractivity contribution in [2.45, 2.75) is 17.5 Å². The summed E-state index contributed by atoms with van der Waals surface area (Å²) < 4.78 is 84.8. The molecule has 118 valence electrons. The Bertz CT molecular complexity index is 659. The number of carbonyl (C=O) groups excluding carboxylic acids is 1. The van der Waals surface area contributed by atoms with E-state index >= 15 is 0 Å². The van der Waals surface area contributed by atoms with Crippen molar-refractivity contribution in [1.82, 2.24) is 5.32 Å². The molecular weight excluding hydrogens is 345 g/mol. The predicted molar refractivity (Wildman–Crippen MR) is 62.4 cm³/mol. The number of hydrogen-bond donors (Lipinski definition) is 1. The van der Waals surface area contributed by atoms with Gasteiger partial charge in [0.05, 0.1) is 6.42 Å². The van der Waals surface area contributed by atoms with E-state index in [1.807, 2.05) is 0 Å². The molecule has 0 radical (unpaired) electrons. The third kappa shape index (κ3) is 4.81. The molecule has 0 aromatic heterocycles. The van der Waals surface area contributed by atoms with Crippen LogP contribution in [0, 0.1) is 11.6 Å². The van der Waals surface area contributed by atoms with Crippen LogP contribution in [0.4, 0.5) is 22.0 Å². The van der Waals surface area contributed by atoms with Gasteiger partial charge in [0.15, 0.2) is 5.82 Å². The fraction of sp³-hybridized carbons (Fsp3) is 0.300. The molecule has 4 nitrogen and oxygen atoms in total. The van der Waals surface area contributed by atoms with E-state index < -0.39 is 56.2 Å². The molecular formula is C10H7ClF5NO3S. The third-order valence-corrected chi connectivity index (χ3v) is 3.58. The molecule has 0 unspecified atom stereocenters. The van der Waals surface area contributed by atoms with E-state index in [0.717, 1.165) is 0 Å². The Balaban J connectivity index is 3.05. The Hall–Kier alpha value is -1.42. The molecule has 0 aliphatic carbocycles. The van der Waals surface area contributed by atoms with Crippen LogP contribution in [0.2, 0.25) is 0 Å². The average Bonchev–Trinajstić information content (AvgIpc) is 2.25. The number of carbonyl (C=O) groups is 1. The molecule has 0 bridgehead atoms. The average molecular weight is 352 g/mol. The fourth-order valence-corrected chi connectivity index (χ4v) is 2.24. The molecule has 0 saturated carbocycles. The van der Waals surface area contributed by atoms with Gasteiger partial charge in [-0.05, 0) is 12.1 Å². The van der Waals surface area contributed by atoms with Gasteiger partial charge in [-0.15, -0.1) is 0 Å². The summed E-state index contributed by atoms with van der Waals surface area (Å²) in [6.07, 6.45) is -5.97. The molecule has 0 atom stereocenters. The maximum absolute atomic E-state index is 13.8. The first-order valence-electron chi connectivity index (χ1n) is 5.21. The smallest absolute Gasteiger partial charge is 0.352 e. The number of amides is 1. The van der Waals surface area contributed by atoms with Crippen LogP contribution >= 0.6 is 10.7 Å². The maximum atomic E-state index is 13.8. The summed E-state index contributed by atoms with van der Waals surface area (Å²) in [4.78, 5) is 10.3. The van der Waals surface area contributed by atoms with E-state index in [2.05, 4.69) is 0 Å². The third-order valence-electron chi connectivity index (χ3n) is 2.24. The summed E-state index contributed by atoms with van der Waals surface area (Å²) in [6.45, 7) is -0.918. The zero-order valence-electron chi connectivity index (χ0n) is 9.97. The standard InChI is InChI=1S/C10H7ClF5NO3S/c11-21(19,20)6-2-1-5(12)7(8(6)13)9(18)17-4-3-10(14,15)16/h1-2H,3-4H2,(H,17,18). The fourth-order valence-electron chi connectivity index (χ4n) is 1.34. The summed E-state index contributed by atoms with van der Waals surface area (Å²) in [7, 11) is 0.307. The van der Waals surface area contributed by atoms with Crippen molar-refractivity contribution >= 4 is 25.6 Å². The normalized spacial score (nSPS) is 12.3. The lowest BCUT2D eigenvalue weighted by molar-refractivity contribution is -0.132. The maximum Gasteiger partial charge on any atom is 0.390 e. The van der Waals surface area contributed by atoms with Crippen molar-refractivity contribution in [3.05, 3.63) is 29.3 Å². The monoisotopic (exact) mass is 351 g/mol. The molecule has 1 aromatic rings. The Morgan fingerprint density at radius 2 is 1.81 bits per heavy atom. The minimum Gasteiger partial charge on any atom is -0.352 e. The Kier molecular flexibility index (Phi) is 5.16. The van der Waals surface area contributed by atoms with Gasteiger partial charge < -0.3 is 5.32 Å². The van der Waals surface area contributed by atoms with Crippen LogP contribution in [0.1, 0.15) is 16.8 Å². The number of nitrogens with one attached hydrogen (secondary N) is 1. The van der Waals surface area contributed by atoms with Crippen LogP contribution in [0.3, 0.4) is 0 Å². The molecule has 0 fully saturated rings. The van der Waals surface area contributed by atoms with Crippen LogP contribution < -0.4 is 5.32 Å². The topological polar surface area (TPSA) is 63.2 Å². The lowest BCUT2D eigenvalue weighted by atomic mass is 10.2. The molecule has 1 amide bonds. The first-order valence-corrected chi connectivity index (χ1v) is 7.52. The number of halogens is 6. The summed E-state index contributed by atoms with van der Waals surface area (Å²) in [5.74, 6) is -4.72. The van der Waals surface area contributed by atoms with Gasteiger partial charge in [-0.2, -0.15) is 13.2 Å². The summed E-state index contributed by atoms with van der Waals surface area (Å²) >= 11 is 0. The molecule has 0 spiro atoms. The highest BCUT2D eigenvalue weighted by molar-refractivity contribution is 8.13. The second-order valence-electron chi connectivity index (χ2n) is 3.79. The number of hydrogen-bond acceptors (Lipinski definition) is 3. The molecule has 0 heterocycles. The number of benzene rings is 1. The molecule has 0 saturated heterocycles. The Morgan fingerprint density at radius 3 is 2.29 bits per heavy atom.